The summed E-state index contributed by atoms with van der Waals surface area (Å²) in [5.41, 5.74) is 9.64. The molecule has 5 N–H and O–H groups in total. The number of benzene rings is 1. The highest BCUT2D eigenvalue weighted by atomic mass is 32.1. The number of nitrogens with two attached hydrogens (primary N) is 2. The van der Waals surface area contributed by atoms with E-state index in [4.69, 9.17) is 11.1 Å². The molecule has 0 aliphatic heterocycles. The van der Waals surface area contributed by atoms with Crippen molar-refractivity contribution in [3.05, 3.63) is 46.5 Å². The highest BCUT2D eigenvalue weighted by Gasteiger charge is 2.41. The Kier molecular flexibility index (Phi) is 3.11. The lowest BCUT2D eigenvalue weighted by Gasteiger charge is -2.26. The van der Waals surface area contributed by atoms with Gasteiger partial charge in [-0.3, -0.25) is 11.1 Å². The Balaban J connectivity index is 2.12. The summed E-state index contributed by atoms with van der Waals surface area (Å²) in [7, 11) is 0. The third kappa shape index (κ3) is 2.06. The molecule has 1 aromatic heterocycles. The van der Waals surface area contributed by atoms with Crippen LogP contribution >= 0.6 is 11.3 Å². The van der Waals surface area contributed by atoms with E-state index >= 15 is 0 Å². The monoisotopic (exact) mass is 273 g/mol. The molecule has 1 heterocycles. The summed E-state index contributed by atoms with van der Waals surface area (Å²) in [6.45, 7) is 0. The lowest BCUT2D eigenvalue weighted by molar-refractivity contribution is -0.373. The van der Waals surface area contributed by atoms with Gasteiger partial charge in [0.1, 0.15) is 5.69 Å². The van der Waals surface area contributed by atoms with Crippen molar-refractivity contribution in [2.75, 3.05) is 5.73 Å². The molecule has 0 spiro atoms. The first-order valence-electron chi connectivity index (χ1n) is 6.67. The van der Waals surface area contributed by atoms with Gasteiger partial charge in [-0.25, -0.2) is 4.98 Å². The van der Waals surface area contributed by atoms with E-state index in [1.54, 1.807) is 17.6 Å². The first kappa shape index (κ1) is 12.4. The molecule has 0 bridgehead atoms. The highest BCUT2D eigenvalue weighted by molar-refractivity contribution is 7.13. The summed E-state index contributed by atoms with van der Waals surface area (Å²) < 4.78 is 0. The fraction of sp³-hybridized carbons (Fsp3) is 0.333. The average molecular weight is 273 g/mol. The SMILES string of the molecule is Nc1[nH+]c(C2(c3cccc(C=[NH2+])c3)CCCC2)cs1. The van der Waals surface area contributed by atoms with E-state index in [1.165, 1.54) is 36.9 Å². The maximum atomic E-state index is 5.88. The van der Waals surface area contributed by atoms with Crippen molar-refractivity contribution in [2.45, 2.75) is 31.1 Å². The molecule has 3 nitrogen and oxygen atoms in total. The van der Waals surface area contributed by atoms with Gasteiger partial charge < -0.3 is 0 Å². The van der Waals surface area contributed by atoms with Crippen molar-refractivity contribution in [2.24, 2.45) is 0 Å². The molecule has 3 rings (SSSR count). The molecule has 0 saturated heterocycles. The summed E-state index contributed by atoms with van der Waals surface area (Å²) in [5, 5.41) is 8.60. The van der Waals surface area contributed by atoms with Crippen molar-refractivity contribution in [1.82, 2.24) is 0 Å². The van der Waals surface area contributed by atoms with Crippen LogP contribution in [-0.2, 0) is 5.41 Å². The molecule has 2 aromatic rings. The summed E-state index contributed by atoms with van der Waals surface area (Å²) in [4.78, 5) is 3.35. The number of thiazole rings is 1. The number of rotatable bonds is 3. The van der Waals surface area contributed by atoms with Gasteiger partial charge in [0.05, 0.1) is 5.41 Å². The maximum Gasteiger partial charge on any atom is 0.329 e. The first-order chi connectivity index (χ1) is 9.24. The van der Waals surface area contributed by atoms with Crippen molar-refractivity contribution >= 4 is 22.7 Å². The Bertz CT molecular complexity index is 597. The second kappa shape index (κ2) is 4.78. The number of hydrogen-bond donors (Lipinski definition) is 2. The van der Waals surface area contributed by atoms with Crippen molar-refractivity contribution in [3.63, 3.8) is 0 Å². The number of nitrogens with one attached hydrogen (secondary N) is 1. The van der Waals surface area contributed by atoms with Gasteiger partial charge in [-0.1, -0.05) is 36.3 Å². The van der Waals surface area contributed by atoms with E-state index in [1.807, 2.05) is 6.07 Å². The molecule has 0 unspecified atom stereocenters. The second-order valence-corrected chi connectivity index (χ2v) is 6.13. The smallest absolute Gasteiger partial charge is 0.278 e. The summed E-state index contributed by atoms with van der Waals surface area (Å²) in [6.07, 6.45) is 6.54. The van der Waals surface area contributed by atoms with Crippen molar-refractivity contribution < 1.29 is 10.4 Å². The van der Waals surface area contributed by atoms with Crippen LogP contribution < -0.4 is 16.1 Å². The largest absolute Gasteiger partial charge is 0.329 e. The third-order valence-corrected chi connectivity index (χ3v) is 4.88. The van der Waals surface area contributed by atoms with Gasteiger partial charge >= 0.3 is 5.13 Å². The van der Waals surface area contributed by atoms with Crippen LogP contribution in [-0.4, -0.2) is 6.21 Å². The molecule has 0 amide bonds. The molecule has 1 aliphatic carbocycles. The molecule has 1 aromatic carbocycles. The Hall–Kier alpha value is -1.68. The molecule has 1 saturated carbocycles. The fourth-order valence-corrected chi connectivity index (χ4v) is 3.88. The van der Waals surface area contributed by atoms with E-state index < -0.39 is 0 Å². The predicted octanol–water partition coefficient (Wildman–Crippen LogP) is 1.18. The molecule has 19 heavy (non-hydrogen) atoms. The molecule has 0 radical (unpaired) electrons. The number of anilines is 1. The molecule has 0 atom stereocenters. The normalized spacial score (nSPS) is 17.5. The number of nitrogen functional groups attached to an aromatic ring is 1. The highest BCUT2D eigenvalue weighted by Crippen LogP contribution is 2.45. The van der Waals surface area contributed by atoms with E-state index in [-0.39, 0.29) is 5.41 Å². The van der Waals surface area contributed by atoms with Gasteiger partial charge in [0.2, 0.25) is 0 Å². The second-order valence-electron chi connectivity index (χ2n) is 5.22. The zero-order valence-corrected chi connectivity index (χ0v) is 11.7. The Labute approximate surface area is 117 Å². The van der Waals surface area contributed by atoms with Crippen molar-refractivity contribution in [1.29, 1.82) is 0 Å². The molecule has 98 valence electrons. The van der Waals surface area contributed by atoms with Gasteiger partial charge in [-0.05, 0) is 30.5 Å². The van der Waals surface area contributed by atoms with Crippen LogP contribution in [0.2, 0.25) is 0 Å². The van der Waals surface area contributed by atoms with E-state index in [2.05, 4.69) is 28.6 Å². The zero-order valence-electron chi connectivity index (χ0n) is 10.9. The minimum atomic E-state index is 0.0904. The lowest BCUT2D eigenvalue weighted by Crippen LogP contribution is -2.32. The Morgan fingerprint density at radius 3 is 2.74 bits per heavy atom. The summed E-state index contributed by atoms with van der Waals surface area (Å²) in [5.74, 6) is 0. The maximum absolute atomic E-state index is 5.88. The fourth-order valence-electron chi connectivity index (χ4n) is 3.18. The zero-order chi connectivity index (χ0) is 13.3. The van der Waals surface area contributed by atoms with E-state index in [0.717, 1.165) is 10.7 Å². The van der Waals surface area contributed by atoms with Crippen LogP contribution in [0.15, 0.2) is 29.6 Å². The van der Waals surface area contributed by atoms with Crippen LogP contribution in [0, 0.1) is 0 Å². The van der Waals surface area contributed by atoms with E-state index in [9.17, 15) is 0 Å². The number of aromatic amines is 1. The van der Waals surface area contributed by atoms with E-state index in [0.29, 0.717) is 0 Å². The third-order valence-electron chi connectivity index (χ3n) is 4.17. The molecule has 1 aliphatic rings. The van der Waals surface area contributed by atoms with Crippen LogP contribution in [0.1, 0.15) is 42.5 Å². The number of hydrogen-bond acceptors (Lipinski definition) is 2. The quantitative estimate of drug-likeness (QED) is 0.810. The van der Waals surface area contributed by atoms with Crippen LogP contribution in [0.4, 0.5) is 5.13 Å². The van der Waals surface area contributed by atoms with Gasteiger partial charge in [0.25, 0.3) is 0 Å². The van der Waals surface area contributed by atoms with Gasteiger partial charge in [-0.2, -0.15) is 0 Å². The van der Waals surface area contributed by atoms with Crippen LogP contribution in [0.5, 0.6) is 0 Å². The van der Waals surface area contributed by atoms with Gasteiger partial charge in [0.15, 0.2) is 6.21 Å². The standard InChI is InChI=1S/C15H17N3S/c16-9-11-4-3-5-12(8-11)15(6-1-2-7-15)13-10-19-14(17)18-13/h3-5,8-10,16H,1-2,6-7H2,(H2,17,18)/p+2. The van der Waals surface area contributed by atoms with Gasteiger partial charge in [-0.15, -0.1) is 0 Å². The van der Waals surface area contributed by atoms with Gasteiger partial charge in [0, 0.05) is 10.9 Å². The van der Waals surface area contributed by atoms with Crippen LogP contribution in [0.25, 0.3) is 0 Å². The molecule has 4 heteroatoms. The first-order valence-corrected chi connectivity index (χ1v) is 7.55. The Morgan fingerprint density at radius 1 is 1.32 bits per heavy atom. The lowest BCUT2D eigenvalue weighted by atomic mass is 9.76. The molecular weight excluding hydrogens is 254 g/mol. The summed E-state index contributed by atoms with van der Waals surface area (Å²) >= 11 is 1.58. The predicted molar refractivity (Wildman–Crippen MR) is 78.1 cm³/mol. The van der Waals surface area contributed by atoms with Crippen LogP contribution in [0.3, 0.4) is 0 Å². The molecule has 1 fully saturated rings. The molecular formula is C15H19N3S+2. The van der Waals surface area contributed by atoms with Crippen molar-refractivity contribution in [3.8, 4) is 0 Å². The number of H-pyrrole nitrogens is 1. The minimum Gasteiger partial charge on any atom is -0.278 e. The topological polar surface area (TPSA) is 65.8 Å². The minimum absolute atomic E-state index is 0.0904. The number of aromatic nitrogens is 1. The summed E-state index contributed by atoms with van der Waals surface area (Å²) in [6, 6.07) is 8.54. The Morgan fingerprint density at radius 2 is 2.11 bits per heavy atom. The average Bonchev–Trinajstić information content (AvgIpc) is 3.08.